The Morgan fingerprint density at radius 1 is 1.57 bits per heavy atom. The van der Waals surface area contributed by atoms with Crippen molar-refractivity contribution in [2.75, 3.05) is 6.61 Å². The van der Waals surface area contributed by atoms with Crippen molar-refractivity contribution in [3.63, 3.8) is 0 Å². The molecule has 0 atom stereocenters. The predicted octanol–water partition coefficient (Wildman–Crippen LogP) is 2.13. The third kappa shape index (κ3) is 6.28. The van der Waals surface area contributed by atoms with Crippen LogP contribution in [0.5, 0.6) is 0 Å². The summed E-state index contributed by atoms with van der Waals surface area (Å²) in [4.78, 5) is 0. The molecule has 0 fully saturated rings. The van der Waals surface area contributed by atoms with Gasteiger partial charge in [-0.1, -0.05) is 29.3 Å². The van der Waals surface area contributed by atoms with Crippen molar-refractivity contribution in [1.82, 2.24) is 0 Å². The maximum absolute atomic E-state index is 9.67. The van der Waals surface area contributed by atoms with Crippen molar-refractivity contribution in [3.05, 3.63) is 10.6 Å². The van der Waals surface area contributed by atoms with Crippen molar-refractivity contribution in [2.24, 2.45) is 0 Å². The fourth-order valence-corrected chi connectivity index (χ4v) is 0.386. The van der Waals surface area contributed by atoms with Crippen LogP contribution in [0.4, 0.5) is 0 Å². The van der Waals surface area contributed by atoms with E-state index in [0.29, 0.717) is 6.42 Å². The Hall–Kier alpha value is 0.280. The van der Waals surface area contributed by atoms with Gasteiger partial charge in [0.15, 0.2) is 0 Å². The summed E-state index contributed by atoms with van der Waals surface area (Å²) in [5.74, 6) is 0. The number of hydrogen-bond acceptors (Lipinski definition) is 0. The summed E-state index contributed by atoms with van der Waals surface area (Å²) in [5.41, 5.74) is 0. The molecule has 0 amide bonds. The molecular formula is C4H5Cl2O. The fourth-order valence-electron chi connectivity index (χ4n) is 0.168. The monoisotopic (exact) mass is 139 g/mol. The van der Waals surface area contributed by atoms with Crippen LogP contribution in [0, 0.1) is 0 Å². The van der Waals surface area contributed by atoms with Gasteiger partial charge >= 0.3 is 0 Å². The molecule has 0 saturated heterocycles. The maximum atomic E-state index is 9.67. The van der Waals surface area contributed by atoms with Gasteiger partial charge in [0.05, 0.1) is 6.61 Å². The molecule has 0 bridgehead atoms. The van der Waals surface area contributed by atoms with Crippen LogP contribution < -0.4 is 0 Å². The second kappa shape index (κ2) is 4.44. The number of halogens is 2. The summed E-state index contributed by atoms with van der Waals surface area (Å²) in [6.07, 6.45) is 1.90. The highest BCUT2D eigenvalue weighted by Gasteiger charge is 1.79. The van der Waals surface area contributed by atoms with E-state index < -0.39 is 0 Å². The minimum absolute atomic E-state index is 0.150. The van der Waals surface area contributed by atoms with Crippen molar-refractivity contribution in [3.8, 4) is 0 Å². The largest absolute Gasteiger partial charge is 0.236 e. The second-order valence-electron chi connectivity index (χ2n) is 0.987. The van der Waals surface area contributed by atoms with Gasteiger partial charge in [0.1, 0.15) is 4.49 Å². The molecule has 0 spiro atoms. The minimum Gasteiger partial charge on any atom is -0.236 e. The fraction of sp³-hybridized carbons (Fsp3) is 0.500. The lowest BCUT2D eigenvalue weighted by Gasteiger charge is -1.78. The zero-order chi connectivity index (χ0) is 5.70. The molecule has 0 aromatic heterocycles. The Morgan fingerprint density at radius 3 is 2.29 bits per heavy atom. The molecule has 0 saturated carbocycles. The molecule has 0 aliphatic rings. The van der Waals surface area contributed by atoms with Crippen molar-refractivity contribution < 1.29 is 5.11 Å². The van der Waals surface area contributed by atoms with Gasteiger partial charge < -0.3 is 0 Å². The van der Waals surface area contributed by atoms with E-state index in [9.17, 15) is 5.11 Å². The highest BCUT2D eigenvalue weighted by molar-refractivity contribution is 6.55. The third-order valence-electron chi connectivity index (χ3n) is 0.416. The van der Waals surface area contributed by atoms with Crippen LogP contribution >= 0.6 is 23.2 Å². The Kier molecular flexibility index (Phi) is 4.62. The standard InChI is InChI=1S/C4H5Cl2O/c5-4(6)2-1-3-7/h2H,1,3H2. The zero-order valence-corrected chi connectivity index (χ0v) is 5.17. The van der Waals surface area contributed by atoms with Crippen molar-refractivity contribution >= 4 is 23.2 Å². The zero-order valence-electron chi connectivity index (χ0n) is 3.66. The molecule has 0 aromatic carbocycles. The average Bonchev–Trinajstić information content (AvgIpc) is 1.61. The predicted molar refractivity (Wildman–Crippen MR) is 30.0 cm³/mol. The first-order chi connectivity index (χ1) is 3.27. The van der Waals surface area contributed by atoms with Crippen LogP contribution in [0.15, 0.2) is 10.6 Å². The summed E-state index contributed by atoms with van der Waals surface area (Å²) in [6.45, 7) is -0.150. The van der Waals surface area contributed by atoms with E-state index in [0.717, 1.165) is 0 Å². The molecule has 0 N–H and O–H groups in total. The van der Waals surface area contributed by atoms with Crippen LogP contribution in [0.2, 0.25) is 0 Å². The van der Waals surface area contributed by atoms with Gasteiger partial charge in [-0.15, -0.1) is 0 Å². The third-order valence-corrected chi connectivity index (χ3v) is 0.725. The molecular weight excluding hydrogens is 135 g/mol. The van der Waals surface area contributed by atoms with Gasteiger partial charge in [-0.3, -0.25) is 0 Å². The van der Waals surface area contributed by atoms with Crippen LogP contribution in [0.3, 0.4) is 0 Å². The SMILES string of the molecule is [O]CCC=C(Cl)Cl. The van der Waals surface area contributed by atoms with E-state index in [-0.39, 0.29) is 11.1 Å². The van der Waals surface area contributed by atoms with E-state index in [2.05, 4.69) is 0 Å². The quantitative estimate of drug-likeness (QED) is 0.559. The van der Waals surface area contributed by atoms with Gasteiger partial charge in [-0.25, -0.2) is 5.11 Å². The van der Waals surface area contributed by atoms with Crippen LogP contribution in [0.1, 0.15) is 6.42 Å². The number of hydrogen-bond donors (Lipinski definition) is 0. The lowest BCUT2D eigenvalue weighted by molar-refractivity contribution is 0.199. The number of rotatable bonds is 2. The first-order valence-corrected chi connectivity index (χ1v) is 2.62. The Balaban J connectivity index is 3.08. The molecule has 0 aliphatic carbocycles. The Labute approximate surface area is 52.5 Å². The van der Waals surface area contributed by atoms with Crippen LogP contribution in [0.25, 0.3) is 0 Å². The summed E-state index contributed by atoms with van der Waals surface area (Å²) < 4.78 is 0.177. The molecule has 41 valence electrons. The second-order valence-corrected chi connectivity index (χ2v) is 1.99. The Bertz CT molecular complexity index is 66.1. The lowest BCUT2D eigenvalue weighted by Crippen LogP contribution is -1.71. The molecule has 0 rings (SSSR count). The van der Waals surface area contributed by atoms with Gasteiger partial charge in [0.25, 0.3) is 0 Å². The van der Waals surface area contributed by atoms with Gasteiger partial charge in [0.2, 0.25) is 0 Å². The molecule has 0 aromatic rings. The van der Waals surface area contributed by atoms with E-state index in [1.165, 1.54) is 6.08 Å². The molecule has 1 nitrogen and oxygen atoms in total. The van der Waals surface area contributed by atoms with Crippen LogP contribution in [-0.2, 0) is 5.11 Å². The average molecular weight is 140 g/mol. The summed E-state index contributed by atoms with van der Waals surface area (Å²) >= 11 is 10.3. The molecule has 0 aliphatic heterocycles. The molecule has 1 radical (unpaired) electrons. The summed E-state index contributed by atoms with van der Waals surface area (Å²) in [5, 5.41) is 9.67. The van der Waals surface area contributed by atoms with Gasteiger partial charge in [-0.05, 0) is 6.42 Å². The van der Waals surface area contributed by atoms with E-state index in [1.54, 1.807) is 0 Å². The lowest BCUT2D eigenvalue weighted by atomic mass is 10.5. The highest BCUT2D eigenvalue weighted by atomic mass is 35.5. The van der Waals surface area contributed by atoms with Gasteiger partial charge in [-0.2, -0.15) is 0 Å². The van der Waals surface area contributed by atoms with Crippen molar-refractivity contribution in [1.29, 1.82) is 0 Å². The normalized spacial score (nSPS) is 8.43. The smallest absolute Gasteiger partial charge is 0.102 e. The van der Waals surface area contributed by atoms with E-state index in [1.807, 2.05) is 0 Å². The molecule has 0 unspecified atom stereocenters. The van der Waals surface area contributed by atoms with E-state index >= 15 is 0 Å². The molecule has 3 heteroatoms. The van der Waals surface area contributed by atoms with Crippen molar-refractivity contribution in [2.45, 2.75) is 6.42 Å². The summed E-state index contributed by atoms with van der Waals surface area (Å²) in [6, 6.07) is 0. The highest BCUT2D eigenvalue weighted by Crippen LogP contribution is 2.06. The Morgan fingerprint density at radius 2 is 2.14 bits per heavy atom. The first-order valence-electron chi connectivity index (χ1n) is 1.86. The van der Waals surface area contributed by atoms with E-state index in [4.69, 9.17) is 23.2 Å². The molecule has 7 heavy (non-hydrogen) atoms. The summed E-state index contributed by atoms with van der Waals surface area (Å²) in [7, 11) is 0. The topological polar surface area (TPSA) is 19.9 Å². The van der Waals surface area contributed by atoms with Crippen LogP contribution in [-0.4, -0.2) is 6.61 Å². The van der Waals surface area contributed by atoms with Gasteiger partial charge in [0, 0.05) is 0 Å². The maximum Gasteiger partial charge on any atom is 0.102 e. The minimum atomic E-state index is -0.150. The first kappa shape index (κ1) is 7.28. The molecule has 0 heterocycles.